The van der Waals surface area contributed by atoms with Crippen LogP contribution in [0.2, 0.25) is 5.02 Å². The normalized spacial score (nSPS) is 13.1. The Morgan fingerprint density at radius 1 is 1.47 bits per heavy atom. The van der Waals surface area contributed by atoms with E-state index in [1.165, 1.54) is 12.1 Å². The van der Waals surface area contributed by atoms with Gasteiger partial charge < -0.3 is 10.2 Å². The zero-order chi connectivity index (χ0) is 12.8. The van der Waals surface area contributed by atoms with E-state index >= 15 is 0 Å². The molecule has 0 radical (unpaired) electrons. The van der Waals surface area contributed by atoms with Gasteiger partial charge in [0.05, 0.1) is 0 Å². The lowest BCUT2D eigenvalue weighted by Crippen LogP contribution is -2.29. The van der Waals surface area contributed by atoms with Crippen LogP contribution in [0.15, 0.2) is 18.2 Å². The molecule has 1 unspecified atom stereocenters. The maximum absolute atomic E-state index is 13.1. The molecule has 0 aliphatic rings. The van der Waals surface area contributed by atoms with Gasteiger partial charge in [-0.15, -0.1) is 0 Å². The van der Waals surface area contributed by atoms with Crippen LogP contribution < -0.4 is 5.32 Å². The van der Waals surface area contributed by atoms with Gasteiger partial charge in [0.25, 0.3) is 0 Å². The first-order chi connectivity index (χ1) is 8.02. The minimum absolute atomic E-state index is 0.235. The summed E-state index contributed by atoms with van der Waals surface area (Å²) >= 11 is 6.03. The fourth-order valence-corrected chi connectivity index (χ4v) is 2.14. The Morgan fingerprint density at radius 2 is 2.18 bits per heavy atom. The van der Waals surface area contributed by atoms with Crippen molar-refractivity contribution in [1.82, 2.24) is 10.2 Å². The molecule has 1 aromatic rings. The number of rotatable bonds is 6. The number of benzene rings is 1. The van der Waals surface area contributed by atoms with Gasteiger partial charge in [-0.25, -0.2) is 4.39 Å². The highest BCUT2D eigenvalue weighted by Crippen LogP contribution is 2.18. The molecule has 1 N–H and O–H groups in total. The molecule has 0 amide bonds. The van der Waals surface area contributed by atoms with Gasteiger partial charge in [0.1, 0.15) is 5.82 Å². The SMILES string of the molecule is CNCC(C)CN(C)Cc1cc(F)ccc1Cl. The van der Waals surface area contributed by atoms with Gasteiger partial charge in [0.15, 0.2) is 0 Å². The molecule has 1 rings (SSSR count). The van der Waals surface area contributed by atoms with Crippen molar-refractivity contribution in [2.75, 3.05) is 27.2 Å². The average Bonchev–Trinajstić information content (AvgIpc) is 2.23. The fraction of sp³-hybridized carbons (Fsp3) is 0.538. The van der Waals surface area contributed by atoms with E-state index in [4.69, 9.17) is 11.6 Å². The molecule has 0 aliphatic heterocycles. The molecule has 0 saturated heterocycles. The van der Waals surface area contributed by atoms with Crippen molar-refractivity contribution >= 4 is 11.6 Å². The molecule has 2 nitrogen and oxygen atoms in total. The number of halogens is 2. The molecule has 1 aromatic carbocycles. The van der Waals surface area contributed by atoms with E-state index in [2.05, 4.69) is 17.1 Å². The minimum Gasteiger partial charge on any atom is -0.319 e. The third kappa shape index (κ3) is 5.02. The summed E-state index contributed by atoms with van der Waals surface area (Å²) in [5, 5.41) is 3.77. The average molecular weight is 259 g/mol. The lowest BCUT2D eigenvalue weighted by atomic mass is 10.1. The highest BCUT2D eigenvalue weighted by atomic mass is 35.5. The van der Waals surface area contributed by atoms with Crippen LogP contribution >= 0.6 is 11.6 Å². The zero-order valence-corrected chi connectivity index (χ0v) is 11.4. The second-order valence-electron chi connectivity index (χ2n) is 4.60. The van der Waals surface area contributed by atoms with Crippen molar-refractivity contribution in [1.29, 1.82) is 0 Å². The van der Waals surface area contributed by atoms with Crippen LogP contribution in [0.4, 0.5) is 4.39 Å². The maximum Gasteiger partial charge on any atom is 0.123 e. The van der Waals surface area contributed by atoms with E-state index in [1.54, 1.807) is 6.07 Å². The lowest BCUT2D eigenvalue weighted by Gasteiger charge is -2.21. The van der Waals surface area contributed by atoms with E-state index < -0.39 is 0 Å². The van der Waals surface area contributed by atoms with Crippen LogP contribution in [-0.2, 0) is 6.54 Å². The largest absolute Gasteiger partial charge is 0.319 e. The molecular formula is C13H20ClFN2. The highest BCUT2D eigenvalue weighted by molar-refractivity contribution is 6.31. The lowest BCUT2D eigenvalue weighted by molar-refractivity contribution is 0.276. The third-order valence-electron chi connectivity index (χ3n) is 2.62. The first-order valence-corrected chi connectivity index (χ1v) is 6.17. The molecular weight excluding hydrogens is 239 g/mol. The van der Waals surface area contributed by atoms with Crippen molar-refractivity contribution in [3.05, 3.63) is 34.6 Å². The Labute approximate surface area is 108 Å². The number of hydrogen-bond donors (Lipinski definition) is 1. The van der Waals surface area contributed by atoms with Gasteiger partial charge in [0, 0.05) is 18.1 Å². The summed E-state index contributed by atoms with van der Waals surface area (Å²) in [6.45, 7) is 4.78. The van der Waals surface area contributed by atoms with Crippen LogP contribution in [0.5, 0.6) is 0 Å². The van der Waals surface area contributed by atoms with E-state index in [0.29, 0.717) is 17.5 Å². The van der Waals surface area contributed by atoms with Gasteiger partial charge in [-0.1, -0.05) is 18.5 Å². The van der Waals surface area contributed by atoms with Crippen LogP contribution in [-0.4, -0.2) is 32.1 Å². The summed E-state index contributed by atoms with van der Waals surface area (Å²) in [5.41, 5.74) is 0.839. The van der Waals surface area contributed by atoms with Gasteiger partial charge in [-0.05, 0) is 50.3 Å². The summed E-state index contributed by atoms with van der Waals surface area (Å²) in [7, 11) is 3.97. The van der Waals surface area contributed by atoms with Crippen LogP contribution in [0.25, 0.3) is 0 Å². The van der Waals surface area contributed by atoms with Crippen molar-refractivity contribution in [2.24, 2.45) is 5.92 Å². The summed E-state index contributed by atoms with van der Waals surface area (Å²) in [4.78, 5) is 2.16. The highest BCUT2D eigenvalue weighted by Gasteiger charge is 2.09. The Balaban J connectivity index is 2.55. The molecule has 0 saturated carbocycles. The van der Waals surface area contributed by atoms with E-state index in [-0.39, 0.29) is 5.82 Å². The van der Waals surface area contributed by atoms with Crippen molar-refractivity contribution in [3.63, 3.8) is 0 Å². The van der Waals surface area contributed by atoms with Crippen LogP contribution in [0.3, 0.4) is 0 Å². The summed E-state index contributed by atoms with van der Waals surface area (Å²) in [6, 6.07) is 4.49. The smallest absolute Gasteiger partial charge is 0.123 e. The Hall–Kier alpha value is -0.640. The van der Waals surface area contributed by atoms with E-state index in [0.717, 1.165) is 18.7 Å². The molecule has 1 atom stereocenters. The summed E-state index contributed by atoms with van der Waals surface area (Å²) in [5.74, 6) is 0.318. The molecule has 0 aromatic heterocycles. The second kappa shape index (κ2) is 6.94. The first kappa shape index (κ1) is 14.4. The predicted octanol–water partition coefficient (Wildman–Crippen LogP) is 2.77. The van der Waals surface area contributed by atoms with Gasteiger partial charge in [0.2, 0.25) is 0 Å². The zero-order valence-electron chi connectivity index (χ0n) is 10.6. The third-order valence-corrected chi connectivity index (χ3v) is 2.99. The molecule has 4 heteroatoms. The fourth-order valence-electron chi connectivity index (χ4n) is 1.96. The molecule has 0 fully saturated rings. The van der Waals surface area contributed by atoms with Gasteiger partial charge >= 0.3 is 0 Å². The van der Waals surface area contributed by atoms with E-state index in [9.17, 15) is 4.39 Å². The van der Waals surface area contributed by atoms with Crippen LogP contribution in [0, 0.1) is 11.7 Å². The van der Waals surface area contributed by atoms with Crippen molar-refractivity contribution in [3.8, 4) is 0 Å². The monoisotopic (exact) mass is 258 g/mol. The molecule has 96 valence electrons. The second-order valence-corrected chi connectivity index (χ2v) is 5.00. The summed E-state index contributed by atoms with van der Waals surface area (Å²) < 4.78 is 13.1. The number of nitrogens with zero attached hydrogens (tertiary/aromatic N) is 1. The molecule has 17 heavy (non-hydrogen) atoms. The Morgan fingerprint density at radius 3 is 2.82 bits per heavy atom. The van der Waals surface area contributed by atoms with Crippen molar-refractivity contribution < 1.29 is 4.39 Å². The van der Waals surface area contributed by atoms with Crippen LogP contribution in [0.1, 0.15) is 12.5 Å². The van der Waals surface area contributed by atoms with Gasteiger partial charge in [-0.3, -0.25) is 0 Å². The molecule has 0 bridgehead atoms. The first-order valence-electron chi connectivity index (χ1n) is 5.80. The molecule has 0 spiro atoms. The van der Waals surface area contributed by atoms with Crippen molar-refractivity contribution in [2.45, 2.75) is 13.5 Å². The maximum atomic E-state index is 13.1. The Bertz CT molecular complexity index is 357. The number of hydrogen-bond acceptors (Lipinski definition) is 2. The number of nitrogens with one attached hydrogen (secondary N) is 1. The van der Waals surface area contributed by atoms with Gasteiger partial charge in [-0.2, -0.15) is 0 Å². The quantitative estimate of drug-likeness (QED) is 0.844. The predicted molar refractivity (Wildman–Crippen MR) is 70.8 cm³/mol. The molecule has 0 heterocycles. The molecule has 0 aliphatic carbocycles. The minimum atomic E-state index is -0.235. The Kier molecular flexibility index (Phi) is 5.89. The topological polar surface area (TPSA) is 15.3 Å². The van der Waals surface area contributed by atoms with E-state index in [1.807, 2.05) is 14.1 Å². The standard InChI is InChI=1S/C13H20ClFN2/c1-10(7-16-2)8-17(3)9-11-6-12(15)4-5-13(11)14/h4-6,10,16H,7-9H2,1-3H3. The summed E-state index contributed by atoms with van der Waals surface area (Å²) in [6.07, 6.45) is 0.